The SMILES string of the molecule is CCCC1=CC(C)=C(C)[C@](C)(I)C1. The lowest BCUT2D eigenvalue weighted by Crippen LogP contribution is -2.22. The Morgan fingerprint density at radius 3 is 2.54 bits per heavy atom. The topological polar surface area (TPSA) is 0 Å². The van der Waals surface area contributed by atoms with Gasteiger partial charge in [0.05, 0.1) is 0 Å². The molecule has 0 N–H and O–H groups in total. The fourth-order valence-corrected chi connectivity index (χ4v) is 2.83. The van der Waals surface area contributed by atoms with Crippen LogP contribution < -0.4 is 0 Å². The average Bonchev–Trinajstić information content (AvgIpc) is 2.00. The van der Waals surface area contributed by atoms with Crippen molar-refractivity contribution >= 4 is 22.6 Å². The Hall–Kier alpha value is 0.210. The fraction of sp³-hybridized carbons (Fsp3) is 0.667. The summed E-state index contributed by atoms with van der Waals surface area (Å²) in [5, 5.41) is 0. The van der Waals surface area contributed by atoms with Gasteiger partial charge in [0.25, 0.3) is 0 Å². The van der Waals surface area contributed by atoms with Crippen LogP contribution in [0.4, 0.5) is 0 Å². The Balaban J connectivity index is 2.91. The molecular weight excluding hydrogens is 271 g/mol. The van der Waals surface area contributed by atoms with E-state index in [1.807, 2.05) is 0 Å². The van der Waals surface area contributed by atoms with Gasteiger partial charge >= 0.3 is 0 Å². The maximum absolute atomic E-state index is 2.59. The van der Waals surface area contributed by atoms with Crippen molar-refractivity contribution in [2.45, 2.75) is 50.4 Å². The minimum Gasteiger partial charge on any atom is -0.0740 e. The molecule has 0 nitrogen and oxygen atoms in total. The van der Waals surface area contributed by atoms with Crippen molar-refractivity contribution in [2.24, 2.45) is 0 Å². The molecule has 0 aromatic rings. The van der Waals surface area contributed by atoms with E-state index in [0.29, 0.717) is 3.42 Å². The first-order valence-electron chi connectivity index (χ1n) is 5.03. The lowest BCUT2D eigenvalue weighted by molar-refractivity contribution is 0.701. The summed E-state index contributed by atoms with van der Waals surface area (Å²) >= 11 is 2.59. The summed E-state index contributed by atoms with van der Waals surface area (Å²) in [4.78, 5) is 0. The Bertz CT molecular complexity index is 256. The van der Waals surface area contributed by atoms with Crippen molar-refractivity contribution in [3.05, 3.63) is 22.8 Å². The molecule has 1 atom stereocenters. The monoisotopic (exact) mass is 290 g/mol. The standard InChI is InChI=1S/C12H19I/c1-5-6-11-7-9(2)10(3)12(4,13)8-11/h7H,5-6,8H2,1-4H3/t12-/m1/s1. The van der Waals surface area contributed by atoms with E-state index in [2.05, 4.69) is 56.4 Å². The van der Waals surface area contributed by atoms with Crippen LogP contribution in [0.5, 0.6) is 0 Å². The summed E-state index contributed by atoms with van der Waals surface area (Å²) in [7, 11) is 0. The number of hydrogen-bond donors (Lipinski definition) is 0. The second-order valence-electron chi connectivity index (χ2n) is 4.23. The Morgan fingerprint density at radius 2 is 2.08 bits per heavy atom. The Labute approximate surface area is 95.6 Å². The molecule has 1 aliphatic rings. The third-order valence-electron chi connectivity index (χ3n) is 2.92. The van der Waals surface area contributed by atoms with Gasteiger partial charge in [0.2, 0.25) is 0 Å². The Kier molecular flexibility index (Phi) is 3.61. The van der Waals surface area contributed by atoms with E-state index in [0.717, 1.165) is 0 Å². The summed E-state index contributed by atoms with van der Waals surface area (Å²) in [5.41, 5.74) is 4.65. The van der Waals surface area contributed by atoms with Gasteiger partial charge in [-0.15, -0.1) is 0 Å². The third kappa shape index (κ3) is 2.58. The lowest BCUT2D eigenvalue weighted by atomic mass is 9.84. The molecule has 1 rings (SSSR count). The molecule has 0 heterocycles. The van der Waals surface area contributed by atoms with Gasteiger partial charge < -0.3 is 0 Å². The van der Waals surface area contributed by atoms with Crippen molar-refractivity contribution in [2.75, 3.05) is 0 Å². The van der Waals surface area contributed by atoms with E-state index in [1.54, 1.807) is 11.1 Å². The minimum atomic E-state index is 0.362. The first kappa shape index (κ1) is 11.3. The van der Waals surface area contributed by atoms with Crippen LogP contribution in [-0.4, -0.2) is 3.42 Å². The molecule has 0 saturated carbocycles. The summed E-state index contributed by atoms with van der Waals surface area (Å²) in [6, 6.07) is 0. The van der Waals surface area contributed by atoms with Gasteiger partial charge in [0.15, 0.2) is 0 Å². The summed E-state index contributed by atoms with van der Waals surface area (Å²) < 4.78 is 0.362. The highest BCUT2D eigenvalue weighted by Gasteiger charge is 2.27. The number of halogens is 1. The normalized spacial score (nSPS) is 29.2. The molecule has 0 aromatic carbocycles. The predicted molar refractivity (Wildman–Crippen MR) is 68.4 cm³/mol. The molecule has 0 saturated heterocycles. The van der Waals surface area contributed by atoms with Crippen LogP contribution in [0.3, 0.4) is 0 Å². The molecule has 1 aliphatic carbocycles. The van der Waals surface area contributed by atoms with Crippen LogP contribution in [0.1, 0.15) is 47.0 Å². The van der Waals surface area contributed by atoms with Gasteiger partial charge in [-0.3, -0.25) is 0 Å². The zero-order chi connectivity index (χ0) is 10.1. The van der Waals surface area contributed by atoms with Crippen LogP contribution in [0.25, 0.3) is 0 Å². The highest BCUT2D eigenvalue weighted by molar-refractivity contribution is 14.1. The van der Waals surface area contributed by atoms with Gasteiger partial charge in [-0.25, -0.2) is 0 Å². The van der Waals surface area contributed by atoms with Crippen molar-refractivity contribution in [3.8, 4) is 0 Å². The number of rotatable bonds is 2. The number of hydrogen-bond acceptors (Lipinski definition) is 0. The predicted octanol–water partition coefficient (Wildman–Crippen LogP) is 4.65. The van der Waals surface area contributed by atoms with Crippen molar-refractivity contribution in [1.29, 1.82) is 0 Å². The van der Waals surface area contributed by atoms with E-state index in [4.69, 9.17) is 0 Å². The Morgan fingerprint density at radius 1 is 1.46 bits per heavy atom. The maximum atomic E-state index is 2.59. The molecule has 0 spiro atoms. The van der Waals surface area contributed by atoms with Gasteiger partial charge in [-0.05, 0) is 33.6 Å². The van der Waals surface area contributed by atoms with Gasteiger partial charge in [0.1, 0.15) is 0 Å². The van der Waals surface area contributed by atoms with E-state index in [-0.39, 0.29) is 0 Å². The molecule has 0 aliphatic heterocycles. The van der Waals surface area contributed by atoms with E-state index in [9.17, 15) is 0 Å². The van der Waals surface area contributed by atoms with Crippen molar-refractivity contribution in [1.82, 2.24) is 0 Å². The maximum Gasteiger partial charge on any atom is 0.0442 e. The number of alkyl halides is 1. The molecule has 0 aromatic heterocycles. The quantitative estimate of drug-likeness (QED) is 0.513. The van der Waals surface area contributed by atoms with Gasteiger partial charge in [-0.2, -0.15) is 0 Å². The second-order valence-corrected chi connectivity index (χ2v) is 6.62. The van der Waals surface area contributed by atoms with E-state index in [1.165, 1.54) is 24.8 Å². The lowest BCUT2D eigenvalue weighted by Gasteiger charge is -2.30. The third-order valence-corrected chi connectivity index (χ3v) is 4.11. The molecule has 0 fully saturated rings. The minimum absolute atomic E-state index is 0.362. The first-order valence-corrected chi connectivity index (χ1v) is 6.11. The molecule has 1 heteroatoms. The molecule has 13 heavy (non-hydrogen) atoms. The second kappa shape index (κ2) is 4.16. The first-order chi connectivity index (χ1) is 5.97. The largest absolute Gasteiger partial charge is 0.0740 e. The van der Waals surface area contributed by atoms with Crippen LogP contribution in [-0.2, 0) is 0 Å². The molecule has 74 valence electrons. The van der Waals surface area contributed by atoms with Gasteiger partial charge in [0, 0.05) is 3.42 Å². The molecule has 0 unspecified atom stereocenters. The molecule has 0 amide bonds. The van der Waals surface area contributed by atoms with Crippen LogP contribution in [0, 0.1) is 0 Å². The summed E-state index contributed by atoms with van der Waals surface area (Å²) in [6.45, 7) is 9.10. The van der Waals surface area contributed by atoms with Gasteiger partial charge in [-0.1, -0.05) is 58.7 Å². The molecular formula is C12H19I. The van der Waals surface area contributed by atoms with E-state index < -0.39 is 0 Å². The smallest absolute Gasteiger partial charge is 0.0442 e. The fourth-order valence-electron chi connectivity index (χ4n) is 1.92. The van der Waals surface area contributed by atoms with Crippen LogP contribution >= 0.6 is 22.6 Å². The zero-order valence-corrected chi connectivity index (χ0v) is 11.2. The number of allylic oxidation sites excluding steroid dienone is 4. The zero-order valence-electron chi connectivity index (χ0n) is 9.08. The van der Waals surface area contributed by atoms with Crippen LogP contribution in [0.2, 0.25) is 0 Å². The molecule has 0 bridgehead atoms. The highest BCUT2D eigenvalue weighted by Crippen LogP contribution is 2.40. The molecule has 0 radical (unpaired) electrons. The highest BCUT2D eigenvalue weighted by atomic mass is 127. The summed E-state index contributed by atoms with van der Waals surface area (Å²) in [5.74, 6) is 0. The summed E-state index contributed by atoms with van der Waals surface area (Å²) in [6.07, 6.45) is 6.16. The average molecular weight is 290 g/mol. The van der Waals surface area contributed by atoms with Crippen LogP contribution in [0.15, 0.2) is 22.8 Å². The van der Waals surface area contributed by atoms with E-state index >= 15 is 0 Å². The van der Waals surface area contributed by atoms with Crippen molar-refractivity contribution < 1.29 is 0 Å². The van der Waals surface area contributed by atoms with Crippen molar-refractivity contribution in [3.63, 3.8) is 0 Å².